The van der Waals surface area contributed by atoms with Crippen LogP contribution in [0.15, 0.2) is 255 Å². The molecular weight excluding hydrogens is 1530 g/mol. The minimum absolute atomic E-state index is 0.00172. The Bertz CT molecular complexity index is 5600. The number of aromatic nitrogens is 8. The number of carbonyl (C=O) groups is 4. The summed E-state index contributed by atoms with van der Waals surface area (Å²) < 4.78 is 0. The highest BCUT2D eigenvalue weighted by atomic mass is 16.2. The fourth-order valence-electron chi connectivity index (χ4n) is 16.9. The average Bonchev–Trinajstić information content (AvgIpc) is 1.52. The zero-order valence-corrected chi connectivity index (χ0v) is 70.2. The second-order valence-corrected chi connectivity index (χ2v) is 33.1. The highest BCUT2D eigenvalue weighted by molar-refractivity contribution is 5.94. The Morgan fingerprint density at radius 3 is 0.911 bits per heavy atom. The molecule has 0 unspecified atom stereocenters. The summed E-state index contributed by atoms with van der Waals surface area (Å²) in [6.07, 6.45) is 34.1. The maximum Gasteiger partial charge on any atom is 0.229 e. The SMILES string of the molecule is Nc1ccc(-c2cnc(NC(=O)CCCc3ccccc3)c(CC3CCCC3)n2)cc1.Nc1ccc(-c2cnc(NC(=O)CCc3ccccc3)c(CC3CCCC3)n2)cc1.Nc1ccc(-c2cnc(NC(=O)Cc3ccc4ccccc4c3)c(CC3CCCC3)n2)cc1.Nc1ccc(-c2cnc(NC(=O)Cc3ccccc3)c(CC3CCCC3)n2)cc1. The molecule has 13 aromatic rings. The van der Waals surface area contributed by atoms with Crippen LogP contribution < -0.4 is 44.2 Å². The molecule has 123 heavy (non-hydrogen) atoms. The molecule has 0 radical (unpaired) electrons. The summed E-state index contributed by atoms with van der Waals surface area (Å²) in [4.78, 5) is 88.6. The van der Waals surface area contributed by atoms with Crippen LogP contribution in [0.2, 0.25) is 0 Å². The Morgan fingerprint density at radius 1 is 0.285 bits per heavy atom. The smallest absolute Gasteiger partial charge is 0.229 e. The van der Waals surface area contributed by atoms with Gasteiger partial charge < -0.3 is 44.2 Å². The Morgan fingerprint density at radius 2 is 0.569 bits per heavy atom. The third-order valence-electron chi connectivity index (χ3n) is 23.6. The number of rotatable bonds is 27. The van der Waals surface area contributed by atoms with Gasteiger partial charge >= 0.3 is 0 Å². The average molecular weight is 1640 g/mol. The number of amides is 4. The number of hydrogen-bond donors (Lipinski definition) is 8. The van der Waals surface area contributed by atoms with Crippen LogP contribution >= 0.6 is 0 Å². The molecule has 0 spiro atoms. The molecule has 4 aromatic heterocycles. The fourth-order valence-corrected chi connectivity index (χ4v) is 16.9. The monoisotopic (exact) mass is 1640 g/mol. The van der Waals surface area contributed by atoms with Crippen molar-refractivity contribution in [2.24, 2.45) is 23.7 Å². The predicted molar refractivity (Wildman–Crippen MR) is 497 cm³/mol. The Balaban J connectivity index is 0.000000134. The lowest BCUT2D eigenvalue weighted by Crippen LogP contribution is -2.18. The zero-order chi connectivity index (χ0) is 84.9. The molecule has 20 nitrogen and oxygen atoms in total. The minimum atomic E-state index is -0.0764. The summed E-state index contributed by atoms with van der Waals surface area (Å²) in [6, 6.07) is 75.0. The van der Waals surface area contributed by atoms with E-state index in [1.54, 1.807) is 24.8 Å². The number of nitrogens with one attached hydrogen (secondary N) is 4. The summed E-state index contributed by atoms with van der Waals surface area (Å²) >= 11 is 0. The molecular formula is C103H112N16O4. The molecule has 4 aliphatic carbocycles. The van der Waals surface area contributed by atoms with Gasteiger partial charge in [0.25, 0.3) is 0 Å². The molecule has 4 aliphatic rings. The number of nitrogens with zero attached hydrogens (tertiary/aromatic N) is 8. The van der Waals surface area contributed by atoms with Gasteiger partial charge in [0.15, 0.2) is 23.3 Å². The standard InChI is InChI=1S/C28H28N4O.C26H30N4O.C25H28N4O.C24H26N4O/c29-24-13-11-22(12-14-24)26-18-30-28(25(31-26)16-19-5-1-2-6-19)32-27(33)17-20-9-10-21-7-3-4-8-23(21)15-20;27-22-15-13-21(14-16-22)24-18-28-26(23(29-24)17-20-9-4-5-10-20)30-25(31)12-6-11-19-7-2-1-3-8-19;26-21-13-11-20(12-14-21)23-17-27-25(22(28-23)16-19-8-4-5-9-19)29-24(30)15-10-18-6-2-1-3-7-18;25-20-12-10-19(11-13-20)22-16-26-24(21(27-22)14-17-8-4-5-9-17)28-23(29)15-18-6-2-1-3-7-18/h3-4,7-15,18-19H,1-2,5-6,16-17,29H2,(H,30,32,33);1-3,7-8,13-16,18,20H,4-6,9-12,17,27H2,(H,28,30,31);1-3,6-7,11-14,17,19H,4-5,8-10,15-16,26H2,(H,27,29,30);1-3,6-7,10-13,16-17H,4-5,8-9,14-15,25H2,(H,26,28,29). The van der Waals surface area contributed by atoms with Gasteiger partial charge in [-0.05, 0) is 150 Å². The van der Waals surface area contributed by atoms with Crippen LogP contribution in [-0.2, 0) is 70.5 Å². The van der Waals surface area contributed by atoms with Gasteiger partial charge in [-0.3, -0.25) is 19.2 Å². The van der Waals surface area contributed by atoms with E-state index in [9.17, 15) is 19.2 Å². The molecule has 4 amide bonds. The summed E-state index contributed by atoms with van der Waals surface area (Å²) in [5.41, 5.74) is 41.2. The van der Waals surface area contributed by atoms with Gasteiger partial charge in [0.1, 0.15) is 0 Å². The number of nitrogen functional groups attached to an aromatic ring is 4. The van der Waals surface area contributed by atoms with Gasteiger partial charge in [-0.2, -0.15) is 0 Å². The first-order valence-corrected chi connectivity index (χ1v) is 43.8. The Labute approximate surface area is 721 Å². The summed E-state index contributed by atoms with van der Waals surface area (Å²) in [6.45, 7) is 0. The molecule has 12 N–H and O–H groups in total. The second-order valence-electron chi connectivity index (χ2n) is 33.1. The number of fused-ring (bicyclic) bond motifs is 1. The molecule has 4 saturated carbocycles. The molecule has 17 rings (SSSR count). The van der Waals surface area contributed by atoms with E-state index in [1.165, 1.54) is 114 Å². The van der Waals surface area contributed by atoms with Gasteiger partial charge in [0.05, 0.1) is 83.2 Å². The van der Waals surface area contributed by atoms with Gasteiger partial charge in [0.2, 0.25) is 23.6 Å². The maximum absolute atomic E-state index is 12.9. The van der Waals surface area contributed by atoms with E-state index in [0.717, 1.165) is 151 Å². The van der Waals surface area contributed by atoms with Crippen molar-refractivity contribution in [1.82, 2.24) is 39.9 Å². The van der Waals surface area contributed by atoms with E-state index in [1.807, 2.05) is 194 Å². The number of aryl methyl sites for hydroxylation is 2. The molecule has 20 heteroatoms. The lowest BCUT2D eigenvalue weighted by atomic mass is 10.0. The van der Waals surface area contributed by atoms with Gasteiger partial charge in [-0.1, -0.05) is 285 Å². The molecule has 628 valence electrons. The predicted octanol–water partition coefficient (Wildman–Crippen LogP) is 20.9. The fraction of sp³-hybridized carbons (Fsp3) is 0.301. The topological polar surface area (TPSA) is 324 Å². The lowest BCUT2D eigenvalue weighted by Gasteiger charge is -2.14. The van der Waals surface area contributed by atoms with Crippen molar-refractivity contribution in [1.29, 1.82) is 0 Å². The quantitative estimate of drug-likeness (QED) is 0.0222. The molecule has 4 fully saturated rings. The van der Waals surface area contributed by atoms with Crippen LogP contribution in [-0.4, -0.2) is 63.5 Å². The third kappa shape index (κ3) is 26.1. The zero-order valence-electron chi connectivity index (χ0n) is 70.2. The van der Waals surface area contributed by atoms with Crippen molar-refractivity contribution < 1.29 is 19.2 Å². The summed E-state index contributed by atoms with van der Waals surface area (Å²) in [5.74, 6) is 4.61. The Hall–Kier alpha value is -13.4. The van der Waals surface area contributed by atoms with Crippen LogP contribution in [0.1, 0.15) is 167 Å². The summed E-state index contributed by atoms with van der Waals surface area (Å²) in [5, 5.41) is 14.4. The second kappa shape index (κ2) is 43.7. The van der Waals surface area contributed by atoms with Crippen molar-refractivity contribution in [3.05, 3.63) is 300 Å². The molecule has 0 saturated heterocycles. The van der Waals surface area contributed by atoms with Crippen LogP contribution in [0.4, 0.5) is 46.0 Å². The number of hydrogen-bond acceptors (Lipinski definition) is 16. The number of carbonyl (C=O) groups excluding carboxylic acids is 4. The van der Waals surface area contributed by atoms with Gasteiger partial charge in [0, 0.05) is 57.8 Å². The van der Waals surface area contributed by atoms with Crippen LogP contribution in [0, 0.1) is 23.7 Å². The third-order valence-corrected chi connectivity index (χ3v) is 23.6. The first-order chi connectivity index (χ1) is 60.1. The van der Waals surface area contributed by atoms with E-state index in [-0.39, 0.29) is 23.6 Å². The normalized spacial score (nSPS) is 14.0. The molecule has 9 aromatic carbocycles. The highest BCUT2D eigenvalue weighted by Crippen LogP contribution is 2.36. The Kier molecular flexibility index (Phi) is 30.6. The molecule has 0 aliphatic heterocycles. The van der Waals surface area contributed by atoms with E-state index < -0.39 is 0 Å². The lowest BCUT2D eigenvalue weighted by molar-refractivity contribution is -0.117. The van der Waals surface area contributed by atoms with Crippen molar-refractivity contribution in [3.8, 4) is 45.0 Å². The number of anilines is 8. The van der Waals surface area contributed by atoms with E-state index in [2.05, 4.69) is 77.6 Å². The van der Waals surface area contributed by atoms with Crippen molar-refractivity contribution in [3.63, 3.8) is 0 Å². The van der Waals surface area contributed by atoms with E-state index >= 15 is 0 Å². The largest absolute Gasteiger partial charge is 0.399 e. The van der Waals surface area contributed by atoms with Crippen molar-refractivity contribution in [2.75, 3.05) is 44.2 Å². The molecule has 4 heterocycles. The number of benzene rings is 9. The van der Waals surface area contributed by atoms with Crippen LogP contribution in [0.5, 0.6) is 0 Å². The minimum Gasteiger partial charge on any atom is -0.399 e. The first kappa shape index (κ1) is 86.0. The van der Waals surface area contributed by atoms with E-state index in [4.69, 9.17) is 42.9 Å². The van der Waals surface area contributed by atoms with Crippen LogP contribution in [0.25, 0.3) is 55.8 Å². The molecule has 0 atom stereocenters. The summed E-state index contributed by atoms with van der Waals surface area (Å²) in [7, 11) is 0. The first-order valence-electron chi connectivity index (χ1n) is 43.8. The van der Waals surface area contributed by atoms with Crippen molar-refractivity contribution >= 4 is 80.4 Å². The van der Waals surface area contributed by atoms with E-state index in [0.29, 0.717) is 79.0 Å². The van der Waals surface area contributed by atoms with Crippen molar-refractivity contribution in [2.45, 2.75) is 173 Å². The highest BCUT2D eigenvalue weighted by Gasteiger charge is 2.26. The maximum atomic E-state index is 12.9. The molecule has 0 bridgehead atoms. The van der Waals surface area contributed by atoms with Gasteiger partial charge in [-0.15, -0.1) is 0 Å². The number of nitrogens with two attached hydrogens (primary N) is 4. The van der Waals surface area contributed by atoms with Gasteiger partial charge in [-0.25, -0.2) is 39.9 Å². The van der Waals surface area contributed by atoms with Crippen LogP contribution in [0.3, 0.4) is 0 Å².